The molecule has 5 nitrogen and oxygen atoms in total. The zero-order chi connectivity index (χ0) is 19.4. The van der Waals surface area contributed by atoms with Crippen LogP contribution in [-0.4, -0.2) is 29.0 Å². The second-order valence-electron chi connectivity index (χ2n) is 7.34. The lowest BCUT2D eigenvalue weighted by molar-refractivity contribution is -0.125. The van der Waals surface area contributed by atoms with Crippen molar-refractivity contribution in [1.29, 1.82) is 0 Å². The van der Waals surface area contributed by atoms with Gasteiger partial charge in [-0.25, -0.2) is 4.79 Å². The first-order valence-electron chi connectivity index (χ1n) is 9.27. The van der Waals surface area contributed by atoms with E-state index >= 15 is 0 Å². The van der Waals surface area contributed by atoms with Gasteiger partial charge in [0.1, 0.15) is 12.1 Å². The molecule has 5 heteroatoms. The van der Waals surface area contributed by atoms with Crippen LogP contribution in [0.2, 0.25) is 0 Å². The third-order valence-corrected chi connectivity index (χ3v) is 5.20. The van der Waals surface area contributed by atoms with Crippen LogP contribution < -0.4 is 5.32 Å². The van der Waals surface area contributed by atoms with Crippen molar-refractivity contribution in [2.75, 3.05) is 11.9 Å². The molecule has 0 saturated carbocycles. The quantitative estimate of drug-likeness (QED) is 0.871. The first-order chi connectivity index (χ1) is 12.9. The number of nitrogens with zero attached hydrogens (tertiary/aromatic N) is 1. The molecule has 1 aliphatic rings. The molecule has 1 fully saturated rings. The Morgan fingerprint density at radius 3 is 2.63 bits per heavy atom. The van der Waals surface area contributed by atoms with Crippen LogP contribution in [0, 0.1) is 13.8 Å². The van der Waals surface area contributed by atoms with E-state index in [1.165, 1.54) is 0 Å². The number of nitrogens with one attached hydrogen (secondary N) is 1. The summed E-state index contributed by atoms with van der Waals surface area (Å²) in [4.78, 5) is 27.2. The van der Waals surface area contributed by atoms with E-state index in [-0.39, 0.29) is 12.5 Å². The molecule has 2 aromatic rings. The van der Waals surface area contributed by atoms with Crippen molar-refractivity contribution in [2.45, 2.75) is 45.8 Å². The average molecular weight is 366 g/mol. The molecule has 1 aliphatic heterocycles. The van der Waals surface area contributed by atoms with Crippen LogP contribution >= 0.6 is 0 Å². The smallest absolute Gasteiger partial charge is 0.410 e. The fourth-order valence-corrected chi connectivity index (χ4v) is 3.42. The van der Waals surface area contributed by atoms with Crippen molar-refractivity contribution < 1.29 is 14.3 Å². The number of hydrogen-bond acceptors (Lipinski definition) is 3. The summed E-state index contributed by atoms with van der Waals surface area (Å²) < 4.78 is 5.46. The Labute approximate surface area is 160 Å². The second-order valence-corrected chi connectivity index (χ2v) is 7.34. The van der Waals surface area contributed by atoms with Gasteiger partial charge in [0.05, 0.1) is 0 Å². The van der Waals surface area contributed by atoms with E-state index in [1.807, 2.05) is 69.3 Å². The van der Waals surface area contributed by atoms with E-state index in [9.17, 15) is 9.59 Å². The molecule has 27 heavy (non-hydrogen) atoms. The summed E-state index contributed by atoms with van der Waals surface area (Å²) >= 11 is 0. The van der Waals surface area contributed by atoms with Crippen LogP contribution in [0.1, 0.15) is 36.5 Å². The number of aryl methyl sites for hydroxylation is 2. The summed E-state index contributed by atoms with van der Waals surface area (Å²) in [6.45, 7) is 6.47. The average Bonchev–Trinajstić information content (AvgIpc) is 3.07. The highest BCUT2D eigenvalue weighted by atomic mass is 16.6. The normalized spacial score (nSPS) is 19.0. The molecule has 0 radical (unpaired) electrons. The predicted molar refractivity (Wildman–Crippen MR) is 106 cm³/mol. The molecule has 2 amide bonds. The maximum absolute atomic E-state index is 13.0. The Hall–Kier alpha value is -2.82. The maximum atomic E-state index is 13.0. The van der Waals surface area contributed by atoms with Crippen molar-refractivity contribution in [3.8, 4) is 0 Å². The van der Waals surface area contributed by atoms with E-state index in [1.54, 1.807) is 4.90 Å². The lowest BCUT2D eigenvalue weighted by atomic mass is 9.97. The molecular formula is C22H26N2O3. The topological polar surface area (TPSA) is 58.6 Å². The number of hydrogen-bond donors (Lipinski definition) is 1. The van der Waals surface area contributed by atoms with Crippen molar-refractivity contribution in [2.24, 2.45) is 0 Å². The summed E-state index contributed by atoms with van der Waals surface area (Å²) in [5, 5.41) is 3.00. The number of rotatable bonds is 4. The van der Waals surface area contributed by atoms with E-state index in [0.29, 0.717) is 13.0 Å². The minimum absolute atomic E-state index is 0.176. The minimum atomic E-state index is -0.913. The zero-order valence-corrected chi connectivity index (χ0v) is 16.1. The Morgan fingerprint density at radius 2 is 1.89 bits per heavy atom. The van der Waals surface area contributed by atoms with Crippen LogP contribution in [0.15, 0.2) is 48.5 Å². The Bertz CT molecular complexity index is 835. The molecule has 0 aliphatic carbocycles. The second kappa shape index (κ2) is 7.82. The Morgan fingerprint density at radius 1 is 1.15 bits per heavy atom. The highest BCUT2D eigenvalue weighted by Gasteiger charge is 2.46. The van der Waals surface area contributed by atoms with Gasteiger partial charge in [0, 0.05) is 12.2 Å². The number of carbonyl (C=O) groups is 2. The largest absolute Gasteiger partial charge is 0.445 e. The first kappa shape index (κ1) is 19.0. The van der Waals surface area contributed by atoms with Gasteiger partial charge in [-0.05, 0) is 56.4 Å². The number of amides is 2. The summed E-state index contributed by atoms with van der Waals surface area (Å²) in [7, 11) is 0. The van der Waals surface area contributed by atoms with Gasteiger partial charge in [-0.15, -0.1) is 0 Å². The monoisotopic (exact) mass is 366 g/mol. The third kappa shape index (κ3) is 4.13. The van der Waals surface area contributed by atoms with Gasteiger partial charge in [0.2, 0.25) is 5.91 Å². The lowest BCUT2D eigenvalue weighted by Crippen LogP contribution is -2.53. The number of ether oxygens (including phenoxy) is 1. The summed E-state index contributed by atoms with van der Waals surface area (Å²) in [5.41, 5.74) is 2.86. The fourth-order valence-electron chi connectivity index (χ4n) is 3.42. The van der Waals surface area contributed by atoms with Gasteiger partial charge in [-0.1, -0.05) is 42.5 Å². The Kier molecular flexibility index (Phi) is 5.49. The number of anilines is 1. The third-order valence-electron chi connectivity index (χ3n) is 5.20. The molecule has 0 aromatic heterocycles. The molecule has 142 valence electrons. The minimum Gasteiger partial charge on any atom is -0.445 e. The van der Waals surface area contributed by atoms with Gasteiger partial charge in [-0.2, -0.15) is 0 Å². The van der Waals surface area contributed by atoms with Gasteiger partial charge >= 0.3 is 6.09 Å². The molecule has 1 unspecified atom stereocenters. The van der Waals surface area contributed by atoms with Gasteiger partial charge in [0.15, 0.2) is 0 Å². The van der Waals surface area contributed by atoms with E-state index < -0.39 is 11.6 Å². The first-order valence-corrected chi connectivity index (χ1v) is 9.27. The molecule has 1 saturated heterocycles. The fraction of sp³-hybridized carbons (Fsp3) is 0.364. The molecule has 1 N–H and O–H groups in total. The van der Waals surface area contributed by atoms with E-state index in [2.05, 4.69) is 5.32 Å². The van der Waals surface area contributed by atoms with Crippen molar-refractivity contribution in [1.82, 2.24) is 4.90 Å². The molecule has 0 bridgehead atoms. The molecule has 0 spiro atoms. The molecule has 3 rings (SSSR count). The van der Waals surface area contributed by atoms with Crippen LogP contribution in [-0.2, 0) is 16.1 Å². The van der Waals surface area contributed by atoms with Gasteiger partial charge < -0.3 is 10.1 Å². The zero-order valence-electron chi connectivity index (χ0n) is 16.1. The molecule has 2 aromatic carbocycles. The SMILES string of the molecule is Cc1ccc(C)c(NC(=O)C2(C)CCCN2C(=O)OCc2ccccc2)c1. The summed E-state index contributed by atoms with van der Waals surface area (Å²) in [6, 6.07) is 15.5. The van der Waals surface area contributed by atoms with Gasteiger partial charge in [0.25, 0.3) is 0 Å². The number of carbonyl (C=O) groups excluding carboxylic acids is 2. The van der Waals surface area contributed by atoms with Crippen molar-refractivity contribution in [3.05, 3.63) is 65.2 Å². The van der Waals surface area contributed by atoms with Crippen LogP contribution in [0.4, 0.5) is 10.5 Å². The standard InChI is InChI=1S/C22H26N2O3/c1-16-10-11-17(2)19(14-16)23-20(25)22(3)12-7-13-24(22)21(26)27-15-18-8-5-4-6-9-18/h4-6,8-11,14H,7,12-13,15H2,1-3H3,(H,23,25). The molecule has 1 heterocycles. The Balaban J connectivity index is 1.70. The van der Waals surface area contributed by atoms with Crippen molar-refractivity contribution >= 4 is 17.7 Å². The van der Waals surface area contributed by atoms with E-state index in [4.69, 9.17) is 4.74 Å². The van der Waals surface area contributed by atoms with Crippen molar-refractivity contribution in [3.63, 3.8) is 0 Å². The highest BCUT2D eigenvalue weighted by molar-refractivity contribution is 6.00. The number of benzene rings is 2. The molecular weight excluding hydrogens is 340 g/mol. The van der Waals surface area contributed by atoms with Crippen LogP contribution in [0.3, 0.4) is 0 Å². The number of likely N-dealkylation sites (tertiary alicyclic amines) is 1. The molecule has 1 atom stereocenters. The maximum Gasteiger partial charge on any atom is 0.410 e. The van der Waals surface area contributed by atoms with Crippen LogP contribution in [0.5, 0.6) is 0 Å². The van der Waals surface area contributed by atoms with Gasteiger partial charge in [-0.3, -0.25) is 9.69 Å². The predicted octanol–water partition coefficient (Wildman–Crippen LogP) is 4.43. The van der Waals surface area contributed by atoms with E-state index in [0.717, 1.165) is 28.8 Å². The van der Waals surface area contributed by atoms with Crippen LogP contribution in [0.25, 0.3) is 0 Å². The summed E-state index contributed by atoms with van der Waals surface area (Å²) in [6.07, 6.45) is 0.941. The highest BCUT2D eigenvalue weighted by Crippen LogP contribution is 2.31. The summed E-state index contributed by atoms with van der Waals surface area (Å²) in [5.74, 6) is -0.176. The lowest BCUT2D eigenvalue weighted by Gasteiger charge is -2.33.